The highest BCUT2D eigenvalue weighted by Crippen LogP contribution is 2.23. The Labute approximate surface area is 175 Å². The van der Waals surface area contributed by atoms with Crippen LogP contribution < -0.4 is 5.73 Å². The SMILES string of the molecule is CCCCCCCCCCC(C)OC(=O)[C@@](Cc1cnc[nH]1)(C(N)=[18O])N(C)CC. The Kier molecular flexibility index (Phi) is 11.6. The summed E-state index contributed by atoms with van der Waals surface area (Å²) >= 11 is 0. The number of rotatable bonds is 16. The maximum Gasteiger partial charge on any atom is 0.337 e. The first kappa shape index (κ1) is 25.1. The lowest BCUT2D eigenvalue weighted by atomic mass is 9.90. The number of likely N-dealkylation sites (N-methyl/N-ethyl adjacent to an activating group) is 1. The fourth-order valence-corrected chi connectivity index (χ4v) is 3.57. The van der Waals surface area contributed by atoms with Gasteiger partial charge in [0.2, 0.25) is 11.4 Å². The molecule has 0 aliphatic heterocycles. The van der Waals surface area contributed by atoms with Crippen molar-refractivity contribution >= 4 is 11.9 Å². The second-order valence-corrected chi connectivity index (χ2v) is 7.97. The number of aromatic amines is 1. The van der Waals surface area contributed by atoms with Gasteiger partial charge in [0.25, 0.3) is 0 Å². The van der Waals surface area contributed by atoms with Gasteiger partial charge in [-0.25, -0.2) is 9.78 Å². The number of carbonyl (C=O) groups is 2. The Morgan fingerprint density at radius 1 is 1.24 bits per heavy atom. The number of ether oxygens (including phenoxy) is 1. The van der Waals surface area contributed by atoms with E-state index in [0.717, 1.165) is 19.3 Å². The molecule has 166 valence electrons. The Morgan fingerprint density at radius 3 is 2.38 bits per heavy atom. The van der Waals surface area contributed by atoms with Crippen LogP contribution in [0, 0.1) is 0 Å². The lowest BCUT2D eigenvalue weighted by Gasteiger charge is -2.36. The van der Waals surface area contributed by atoms with Gasteiger partial charge < -0.3 is 15.5 Å². The second-order valence-electron chi connectivity index (χ2n) is 7.97. The molecule has 0 fully saturated rings. The zero-order valence-electron chi connectivity index (χ0n) is 18.7. The molecule has 0 aromatic carbocycles. The molecule has 7 nitrogen and oxygen atoms in total. The largest absolute Gasteiger partial charge is 0.461 e. The van der Waals surface area contributed by atoms with Gasteiger partial charge in [-0.3, -0.25) is 9.69 Å². The van der Waals surface area contributed by atoms with Gasteiger partial charge in [-0.05, 0) is 33.4 Å². The lowest BCUT2D eigenvalue weighted by Crippen LogP contribution is -2.63. The number of amides is 1. The quantitative estimate of drug-likeness (QED) is 0.188. The van der Waals surface area contributed by atoms with E-state index in [9.17, 15) is 9.59 Å². The van der Waals surface area contributed by atoms with Crippen LogP contribution in [0.4, 0.5) is 0 Å². The first-order valence-corrected chi connectivity index (χ1v) is 11.1. The van der Waals surface area contributed by atoms with E-state index in [-0.39, 0.29) is 12.5 Å². The molecule has 0 aliphatic rings. The molecule has 0 bridgehead atoms. The highest BCUT2D eigenvalue weighted by molar-refractivity contribution is 6.07. The number of H-pyrrole nitrogens is 1. The van der Waals surface area contributed by atoms with Crippen LogP contribution >= 0.6 is 0 Å². The maximum atomic E-state index is 13.1. The summed E-state index contributed by atoms with van der Waals surface area (Å²) in [7, 11) is 1.71. The van der Waals surface area contributed by atoms with E-state index in [2.05, 4.69) is 16.9 Å². The summed E-state index contributed by atoms with van der Waals surface area (Å²) in [6, 6.07) is 0. The van der Waals surface area contributed by atoms with E-state index in [4.69, 9.17) is 10.5 Å². The molecule has 0 aliphatic carbocycles. The molecular weight excluding hydrogens is 370 g/mol. The van der Waals surface area contributed by atoms with Crippen LogP contribution in [0.3, 0.4) is 0 Å². The summed E-state index contributed by atoms with van der Waals surface area (Å²) in [6.45, 7) is 6.47. The van der Waals surface area contributed by atoms with Crippen LogP contribution in [-0.2, 0) is 20.7 Å². The van der Waals surface area contributed by atoms with Gasteiger partial charge in [-0.2, -0.15) is 0 Å². The van der Waals surface area contributed by atoms with E-state index >= 15 is 0 Å². The van der Waals surface area contributed by atoms with Crippen molar-refractivity contribution in [1.82, 2.24) is 14.9 Å². The van der Waals surface area contributed by atoms with Crippen molar-refractivity contribution in [2.45, 2.75) is 96.6 Å². The minimum absolute atomic E-state index is 0.107. The van der Waals surface area contributed by atoms with Crippen LogP contribution in [0.1, 0.15) is 84.3 Å². The Hall–Kier alpha value is -1.89. The van der Waals surface area contributed by atoms with Crippen LogP contribution in [0.25, 0.3) is 0 Å². The molecule has 1 rings (SSSR count). The maximum absolute atomic E-state index is 13.1. The van der Waals surface area contributed by atoms with Gasteiger partial charge in [-0.1, -0.05) is 58.8 Å². The monoisotopic (exact) mass is 410 g/mol. The number of imidazole rings is 1. The van der Waals surface area contributed by atoms with E-state index < -0.39 is 17.4 Å². The number of hydrogen-bond donors (Lipinski definition) is 2. The number of nitrogens with zero attached hydrogens (tertiary/aromatic N) is 2. The van der Waals surface area contributed by atoms with Gasteiger partial charge in [0.05, 0.1) is 12.4 Å². The molecule has 1 aromatic heterocycles. The van der Waals surface area contributed by atoms with Crippen molar-refractivity contribution in [3.05, 3.63) is 18.2 Å². The molecule has 1 amide bonds. The highest BCUT2D eigenvalue weighted by Gasteiger charge is 2.50. The molecule has 7 heteroatoms. The predicted octanol–water partition coefficient (Wildman–Crippen LogP) is 3.59. The molecule has 0 radical (unpaired) electrons. The number of primary amides is 1. The summed E-state index contributed by atoms with van der Waals surface area (Å²) in [5.41, 5.74) is 4.83. The van der Waals surface area contributed by atoms with Crippen molar-refractivity contribution < 1.29 is 14.3 Å². The van der Waals surface area contributed by atoms with Crippen LogP contribution in [0.15, 0.2) is 12.5 Å². The number of hydrogen-bond acceptors (Lipinski definition) is 5. The molecule has 1 heterocycles. The minimum Gasteiger partial charge on any atom is -0.461 e. The van der Waals surface area contributed by atoms with E-state index in [1.54, 1.807) is 18.1 Å². The van der Waals surface area contributed by atoms with Crippen molar-refractivity contribution in [2.75, 3.05) is 13.6 Å². The lowest BCUT2D eigenvalue weighted by molar-refractivity contribution is -0.166. The fraction of sp³-hybridized carbons (Fsp3) is 0.773. The van der Waals surface area contributed by atoms with Crippen molar-refractivity contribution in [1.29, 1.82) is 0 Å². The molecule has 29 heavy (non-hydrogen) atoms. The highest BCUT2D eigenvalue weighted by atomic mass is 18.1. The van der Waals surface area contributed by atoms with Crippen LogP contribution in [-0.4, -0.2) is 52.0 Å². The molecule has 2 atom stereocenters. The molecule has 0 spiro atoms. The Balaban J connectivity index is 2.59. The average molecular weight is 411 g/mol. The van der Waals surface area contributed by atoms with E-state index in [1.165, 1.54) is 44.9 Å². The summed E-state index contributed by atoms with van der Waals surface area (Å²) in [5.74, 6) is -1.29. The molecule has 3 N–H and O–H groups in total. The smallest absolute Gasteiger partial charge is 0.337 e. The Morgan fingerprint density at radius 2 is 1.86 bits per heavy atom. The summed E-state index contributed by atoms with van der Waals surface area (Å²) < 4.78 is 5.69. The van der Waals surface area contributed by atoms with E-state index in [1.807, 2.05) is 13.8 Å². The molecule has 1 aromatic rings. The molecule has 1 unspecified atom stereocenters. The number of aromatic nitrogens is 2. The van der Waals surface area contributed by atoms with Crippen molar-refractivity contribution in [3.8, 4) is 0 Å². The van der Waals surface area contributed by atoms with Crippen molar-refractivity contribution in [3.63, 3.8) is 0 Å². The fourth-order valence-electron chi connectivity index (χ4n) is 3.57. The number of nitrogens with two attached hydrogens (primary N) is 1. The summed E-state index contributed by atoms with van der Waals surface area (Å²) in [4.78, 5) is 34.1. The topological polar surface area (TPSA) is 101 Å². The van der Waals surface area contributed by atoms with Gasteiger partial charge in [0, 0.05) is 18.3 Å². The average Bonchev–Trinajstić information content (AvgIpc) is 3.20. The number of nitrogens with one attached hydrogen (secondary N) is 1. The third-order valence-corrected chi connectivity index (χ3v) is 5.64. The number of unbranched alkanes of at least 4 members (excludes halogenated alkanes) is 7. The zero-order valence-corrected chi connectivity index (χ0v) is 18.7. The first-order valence-electron chi connectivity index (χ1n) is 11.1. The third-order valence-electron chi connectivity index (χ3n) is 5.64. The molecule has 0 saturated carbocycles. The second kappa shape index (κ2) is 13.4. The number of carbonyl (C=O) groups excluding carboxylic acids is 2. The van der Waals surface area contributed by atoms with Gasteiger partial charge in [0.15, 0.2) is 0 Å². The van der Waals surface area contributed by atoms with E-state index in [0.29, 0.717) is 12.2 Å². The standard InChI is InChI=1S/C22H40N4O3/c1-5-7-8-9-10-11-12-13-14-18(3)29-21(28)22(20(23)27,26(4)6-2)15-19-16-24-17-25-19/h16-18H,5-15H2,1-4H3,(H2,23,27)(H,24,25)/t18?,22-/m1/s1/i27+2. The first-order chi connectivity index (χ1) is 13.9. The number of esters is 1. The normalized spacial score (nSPS) is 14.5. The summed E-state index contributed by atoms with van der Waals surface area (Å²) in [6.07, 6.45) is 13.6. The third kappa shape index (κ3) is 7.80. The Bertz CT molecular complexity index is 591. The predicted molar refractivity (Wildman–Crippen MR) is 115 cm³/mol. The van der Waals surface area contributed by atoms with Gasteiger partial charge in [0.1, 0.15) is 0 Å². The van der Waals surface area contributed by atoms with Crippen LogP contribution in [0.5, 0.6) is 0 Å². The van der Waals surface area contributed by atoms with Crippen LogP contribution in [0.2, 0.25) is 0 Å². The van der Waals surface area contributed by atoms with Gasteiger partial charge >= 0.3 is 5.97 Å². The minimum atomic E-state index is -1.55. The van der Waals surface area contributed by atoms with Crippen molar-refractivity contribution in [2.24, 2.45) is 5.73 Å². The molecular formula is C22H40N4O3. The van der Waals surface area contributed by atoms with Gasteiger partial charge in [-0.15, -0.1) is 0 Å². The zero-order chi connectivity index (χ0) is 21.7. The molecule has 0 saturated heterocycles. The summed E-state index contributed by atoms with van der Waals surface area (Å²) in [5, 5.41) is 0.